The molecule has 0 bridgehead atoms. The second-order valence-electron chi connectivity index (χ2n) is 5.41. The van der Waals surface area contributed by atoms with Crippen LogP contribution in [0.25, 0.3) is 0 Å². The number of nitrogens with zero attached hydrogens (tertiary/aromatic N) is 1. The fourth-order valence-corrected chi connectivity index (χ4v) is 2.64. The largest absolute Gasteiger partial charge is 0.389 e. The molecule has 2 atom stereocenters. The van der Waals surface area contributed by atoms with E-state index in [1.54, 1.807) is 0 Å². The topological polar surface area (TPSA) is 58.7 Å². The molecule has 0 aromatic rings. The van der Waals surface area contributed by atoms with Crippen LogP contribution in [-0.2, 0) is 4.74 Å². The Kier molecular flexibility index (Phi) is 7.15. The Bertz CT molecular complexity index is 218. The first kappa shape index (κ1) is 15.9. The fourth-order valence-electron chi connectivity index (χ4n) is 2.64. The van der Waals surface area contributed by atoms with Gasteiger partial charge in [0.1, 0.15) is 0 Å². The molecule has 1 heterocycles. The molecule has 0 saturated carbocycles. The van der Waals surface area contributed by atoms with Crippen molar-refractivity contribution >= 4 is 0 Å². The number of piperidine rings is 1. The number of likely N-dealkylation sites (tertiary alicyclic amines) is 1. The zero-order chi connectivity index (χ0) is 13.4. The average Bonchev–Trinajstić information content (AvgIpc) is 2.39. The summed E-state index contributed by atoms with van der Waals surface area (Å²) in [5.74, 6) is 0. The molecule has 0 aliphatic carbocycles. The van der Waals surface area contributed by atoms with E-state index in [1.807, 2.05) is 6.92 Å². The third-order valence-electron chi connectivity index (χ3n) is 4.02. The molecule has 108 valence electrons. The first-order chi connectivity index (χ1) is 8.63. The van der Waals surface area contributed by atoms with E-state index >= 15 is 0 Å². The van der Waals surface area contributed by atoms with Gasteiger partial charge in [-0.15, -0.1) is 0 Å². The molecule has 0 radical (unpaired) electrons. The normalized spacial score (nSPS) is 25.0. The van der Waals surface area contributed by atoms with Crippen molar-refractivity contribution in [2.45, 2.75) is 57.7 Å². The van der Waals surface area contributed by atoms with E-state index in [0.29, 0.717) is 12.6 Å². The minimum atomic E-state index is -0.658. The molecular formula is C14H30N2O2. The predicted octanol–water partition coefficient (Wildman–Crippen LogP) is 1.37. The second kappa shape index (κ2) is 8.10. The molecule has 1 saturated heterocycles. The maximum Gasteiger partial charge on any atom is 0.0767 e. The van der Waals surface area contributed by atoms with E-state index in [4.69, 9.17) is 10.5 Å². The van der Waals surface area contributed by atoms with Crippen LogP contribution in [0.1, 0.15) is 46.0 Å². The Morgan fingerprint density at radius 2 is 2.22 bits per heavy atom. The number of hydrogen-bond donors (Lipinski definition) is 2. The van der Waals surface area contributed by atoms with Gasteiger partial charge < -0.3 is 20.5 Å². The van der Waals surface area contributed by atoms with Crippen molar-refractivity contribution < 1.29 is 9.84 Å². The third-order valence-corrected chi connectivity index (χ3v) is 4.02. The quantitative estimate of drug-likeness (QED) is 0.690. The minimum absolute atomic E-state index is 0.366. The van der Waals surface area contributed by atoms with E-state index in [2.05, 4.69) is 11.8 Å². The van der Waals surface area contributed by atoms with Crippen molar-refractivity contribution in [1.29, 1.82) is 0 Å². The lowest BCUT2D eigenvalue weighted by atomic mass is 9.94. The molecule has 1 aliphatic rings. The van der Waals surface area contributed by atoms with Crippen LogP contribution in [0.4, 0.5) is 0 Å². The number of aliphatic hydroxyl groups is 1. The fraction of sp³-hybridized carbons (Fsp3) is 1.00. The van der Waals surface area contributed by atoms with Crippen molar-refractivity contribution in [1.82, 2.24) is 4.90 Å². The Morgan fingerprint density at radius 1 is 1.44 bits per heavy atom. The Labute approximate surface area is 111 Å². The number of nitrogens with two attached hydrogens (primary N) is 1. The molecule has 4 nitrogen and oxygen atoms in total. The molecule has 0 spiro atoms. The van der Waals surface area contributed by atoms with Crippen LogP contribution in [0.2, 0.25) is 0 Å². The lowest BCUT2D eigenvalue weighted by Crippen LogP contribution is -2.42. The molecule has 0 aromatic carbocycles. The SMILES string of the molecule is CCOC1CCCN(CCCC(O)(CC)CN)C1. The van der Waals surface area contributed by atoms with Crippen molar-refractivity contribution in [2.24, 2.45) is 5.73 Å². The molecule has 2 unspecified atom stereocenters. The maximum atomic E-state index is 10.1. The van der Waals surface area contributed by atoms with Crippen molar-refractivity contribution in [2.75, 3.05) is 32.8 Å². The van der Waals surface area contributed by atoms with Gasteiger partial charge in [-0.05, 0) is 52.1 Å². The van der Waals surface area contributed by atoms with Gasteiger partial charge in [-0.3, -0.25) is 0 Å². The molecular weight excluding hydrogens is 228 g/mol. The summed E-state index contributed by atoms with van der Waals surface area (Å²) in [5, 5.41) is 10.1. The molecule has 4 heteroatoms. The monoisotopic (exact) mass is 258 g/mol. The summed E-state index contributed by atoms with van der Waals surface area (Å²) in [5.41, 5.74) is 4.96. The van der Waals surface area contributed by atoms with Gasteiger partial charge in [0.2, 0.25) is 0 Å². The van der Waals surface area contributed by atoms with Crippen LogP contribution >= 0.6 is 0 Å². The maximum absolute atomic E-state index is 10.1. The van der Waals surface area contributed by atoms with Crippen molar-refractivity contribution in [3.05, 3.63) is 0 Å². The van der Waals surface area contributed by atoms with E-state index < -0.39 is 5.60 Å². The number of rotatable bonds is 8. The zero-order valence-corrected chi connectivity index (χ0v) is 12.0. The van der Waals surface area contributed by atoms with E-state index in [-0.39, 0.29) is 0 Å². The Morgan fingerprint density at radius 3 is 2.83 bits per heavy atom. The van der Waals surface area contributed by atoms with E-state index in [1.165, 1.54) is 12.8 Å². The summed E-state index contributed by atoms with van der Waals surface area (Å²) < 4.78 is 5.69. The Hall–Kier alpha value is -0.160. The number of ether oxygens (including phenoxy) is 1. The lowest BCUT2D eigenvalue weighted by Gasteiger charge is -2.33. The van der Waals surface area contributed by atoms with E-state index in [9.17, 15) is 5.11 Å². The number of hydrogen-bond acceptors (Lipinski definition) is 4. The van der Waals surface area contributed by atoms with Gasteiger partial charge in [-0.2, -0.15) is 0 Å². The highest BCUT2D eigenvalue weighted by Gasteiger charge is 2.24. The molecule has 1 aliphatic heterocycles. The highest BCUT2D eigenvalue weighted by Crippen LogP contribution is 2.18. The van der Waals surface area contributed by atoms with Gasteiger partial charge in [-0.1, -0.05) is 6.92 Å². The predicted molar refractivity (Wildman–Crippen MR) is 74.6 cm³/mol. The first-order valence-electron chi connectivity index (χ1n) is 7.40. The summed E-state index contributed by atoms with van der Waals surface area (Å²) in [6.45, 7) is 8.48. The first-order valence-corrected chi connectivity index (χ1v) is 7.40. The van der Waals surface area contributed by atoms with Gasteiger partial charge in [0.05, 0.1) is 11.7 Å². The molecule has 18 heavy (non-hydrogen) atoms. The summed E-state index contributed by atoms with van der Waals surface area (Å²) in [6.07, 6.45) is 5.37. The van der Waals surface area contributed by atoms with Crippen molar-refractivity contribution in [3.63, 3.8) is 0 Å². The van der Waals surface area contributed by atoms with Gasteiger partial charge in [0.15, 0.2) is 0 Å². The molecule has 3 N–H and O–H groups in total. The molecule has 0 amide bonds. The lowest BCUT2D eigenvalue weighted by molar-refractivity contribution is -0.0000302. The summed E-state index contributed by atoms with van der Waals surface area (Å²) in [4.78, 5) is 2.45. The van der Waals surface area contributed by atoms with Gasteiger partial charge in [-0.25, -0.2) is 0 Å². The second-order valence-corrected chi connectivity index (χ2v) is 5.41. The summed E-state index contributed by atoms with van der Waals surface area (Å²) in [7, 11) is 0. The van der Waals surface area contributed by atoms with Gasteiger partial charge >= 0.3 is 0 Å². The average molecular weight is 258 g/mol. The zero-order valence-electron chi connectivity index (χ0n) is 12.0. The van der Waals surface area contributed by atoms with Crippen LogP contribution in [-0.4, -0.2) is 54.5 Å². The van der Waals surface area contributed by atoms with Crippen LogP contribution in [0, 0.1) is 0 Å². The van der Waals surface area contributed by atoms with Gasteiger partial charge in [0.25, 0.3) is 0 Å². The smallest absolute Gasteiger partial charge is 0.0767 e. The van der Waals surface area contributed by atoms with Crippen LogP contribution in [0.3, 0.4) is 0 Å². The Balaban J connectivity index is 2.22. The molecule has 0 aromatic heterocycles. The highest BCUT2D eigenvalue weighted by atomic mass is 16.5. The van der Waals surface area contributed by atoms with Crippen molar-refractivity contribution in [3.8, 4) is 0 Å². The molecule has 1 rings (SSSR count). The summed E-state index contributed by atoms with van der Waals surface area (Å²) in [6, 6.07) is 0. The standard InChI is InChI=1S/C14H30N2O2/c1-3-14(17,12-15)8-6-10-16-9-5-7-13(11-16)18-4-2/h13,17H,3-12,15H2,1-2H3. The molecule has 1 fully saturated rings. The third kappa shape index (κ3) is 5.22. The van der Waals surface area contributed by atoms with E-state index in [0.717, 1.165) is 45.5 Å². The summed E-state index contributed by atoms with van der Waals surface area (Å²) >= 11 is 0. The highest BCUT2D eigenvalue weighted by molar-refractivity contribution is 4.79. The van der Waals surface area contributed by atoms with Crippen LogP contribution < -0.4 is 5.73 Å². The van der Waals surface area contributed by atoms with Gasteiger partial charge in [0, 0.05) is 19.7 Å². The van der Waals surface area contributed by atoms with Crippen LogP contribution in [0.15, 0.2) is 0 Å². The van der Waals surface area contributed by atoms with Crippen LogP contribution in [0.5, 0.6) is 0 Å². The minimum Gasteiger partial charge on any atom is -0.389 e.